The van der Waals surface area contributed by atoms with E-state index in [0.29, 0.717) is 28.1 Å². The predicted molar refractivity (Wildman–Crippen MR) is 105 cm³/mol. The average molecular weight is 385 g/mol. The maximum Gasteiger partial charge on any atom is 0.261 e. The van der Waals surface area contributed by atoms with E-state index < -0.39 is 0 Å². The van der Waals surface area contributed by atoms with Gasteiger partial charge in [-0.2, -0.15) is 0 Å². The number of amides is 1. The summed E-state index contributed by atoms with van der Waals surface area (Å²) < 4.78 is 13.4. The third kappa shape index (κ3) is 4.65. The number of aromatic nitrogens is 3. The van der Waals surface area contributed by atoms with Crippen molar-refractivity contribution in [1.82, 2.24) is 15.2 Å². The summed E-state index contributed by atoms with van der Waals surface area (Å²) in [6.45, 7) is 4.21. The number of carbonyl (C=O) groups excluding carboxylic acids is 1. The van der Waals surface area contributed by atoms with Crippen LogP contribution in [0.4, 0.5) is 21.0 Å². The van der Waals surface area contributed by atoms with E-state index in [9.17, 15) is 9.18 Å². The number of hydrogen-bond acceptors (Lipinski definition) is 6. The van der Waals surface area contributed by atoms with Gasteiger partial charge in [0.05, 0.1) is 5.56 Å². The molecule has 1 amide bonds. The molecule has 0 saturated heterocycles. The molecule has 0 saturated carbocycles. The maximum atomic E-state index is 13.4. The molecule has 0 atom stereocenters. The van der Waals surface area contributed by atoms with Crippen LogP contribution in [0, 0.1) is 5.82 Å². The van der Waals surface area contributed by atoms with Crippen LogP contribution in [0.1, 0.15) is 48.0 Å². The van der Waals surface area contributed by atoms with Gasteiger partial charge in [-0.25, -0.2) is 9.37 Å². The van der Waals surface area contributed by atoms with Gasteiger partial charge in [0.1, 0.15) is 16.6 Å². The van der Waals surface area contributed by atoms with Gasteiger partial charge in [-0.15, -0.1) is 10.2 Å². The van der Waals surface area contributed by atoms with Crippen LogP contribution >= 0.6 is 11.3 Å². The van der Waals surface area contributed by atoms with Crippen molar-refractivity contribution in [2.24, 2.45) is 0 Å². The molecular formula is C19H20FN5OS. The smallest absolute Gasteiger partial charge is 0.261 e. The van der Waals surface area contributed by atoms with Crippen LogP contribution in [-0.2, 0) is 0 Å². The van der Waals surface area contributed by atoms with E-state index in [1.807, 2.05) is 0 Å². The predicted octanol–water partition coefficient (Wildman–Crippen LogP) is 4.97. The Morgan fingerprint density at radius 1 is 1.19 bits per heavy atom. The SMILES string of the molecule is CCC(CC)c1nnc(NC(=O)c2cccnc2Nc2cccc(F)c2)s1. The van der Waals surface area contributed by atoms with Gasteiger partial charge in [0, 0.05) is 17.8 Å². The molecule has 0 radical (unpaired) electrons. The third-order valence-electron chi connectivity index (χ3n) is 4.14. The number of rotatable bonds is 7. The second-order valence-corrected chi connectivity index (χ2v) is 6.96. The second kappa shape index (κ2) is 8.68. The normalized spacial score (nSPS) is 10.8. The highest BCUT2D eigenvalue weighted by Gasteiger charge is 2.17. The Bertz CT molecular complexity index is 926. The van der Waals surface area contributed by atoms with E-state index in [2.05, 4.69) is 39.7 Å². The van der Waals surface area contributed by atoms with E-state index >= 15 is 0 Å². The number of pyridine rings is 1. The largest absolute Gasteiger partial charge is 0.339 e. The monoisotopic (exact) mass is 385 g/mol. The van der Waals surface area contributed by atoms with Gasteiger partial charge in [0.2, 0.25) is 5.13 Å². The zero-order valence-electron chi connectivity index (χ0n) is 15.1. The van der Waals surface area contributed by atoms with E-state index in [0.717, 1.165) is 17.8 Å². The number of benzene rings is 1. The summed E-state index contributed by atoms with van der Waals surface area (Å²) in [5, 5.41) is 15.4. The molecule has 3 rings (SSSR count). The number of hydrogen-bond donors (Lipinski definition) is 2. The van der Waals surface area contributed by atoms with Crippen molar-refractivity contribution in [3.8, 4) is 0 Å². The Hall–Kier alpha value is -2.87. The first-order valence-electron chi connectivity index (χ1n) is 8.73. The fraction of sp³-hybridized carbons (Fsp3) is 0.263. The van der Waals surface area contributed by atoms with Gasteiger partial charge in [-0.1, -0.05) is 31.3 Å². The van der Waals surface area contributed by atoms with Crippen molar-refractivity contribution in [3.05, 3.63) is 59.0 Å². The zero-order valence-corrected chi connectivity index (χ0v) is 15.9. The third-order valence-corrected chi connectivity index (χ3v) is 5.14. The van der Waals surface area contributed by atoms with Crippen LogP contribution in [0.3, 0.4) is 0 Å². The average Bonchev–Trinajstić information content (AvgIpc) is 3.11. The minimum absolute atomic E-state index is 0.334. The Morgan fingerprint density at radius 3 is 2.74 bits per heavy atom. The Morgan fingerprint density at radius 2 is 2.00 bits per heavy atom. The molecule has 0 fully saturated rings. The van der Waals surface area contributed by atoms with E-state index in [4.69, 9.17) is 0 Å². The lowest BCUT2D eigenvalue weighted by atomic mass is 10.1. The van der Waals surface area contributed by atoms with Crippen LogP contribution in [-0.4, -0.2) is 21.1 Å². The van der Waals surface area contributed by atoms with Crippen molar-refractivity contribution in [3.63, 3.8) is 0 Å². The van der Waals surface area contributed by atoms with Crippen LogP contribution in [0.15, 0.2) is 42.6 Å². The summed E-state index contributed by atoms with van der Waals surface area (Å²) >= 11 is 1.38. The first-order chi connectivity index (χ1) is 13.1. The Kier molecular flexibility index (Phi) is 6.08. The standard InChI is InChI=1S/C19H20FN5OS/c1-3-12(4-2)18-24-25-19(27-18)23-17(26)15-9-6-10-21-16(15)22-14-8-5-7-13(20)11-14/h5-12H,3-4H2,1-2H3,(H,21,22)(H,23,25,26). The molecule has 1 aromatic carbocycles. The van der Waals surface area contributed by atoms with Gasteiger partial charge in [0.15, 0.2) is 0 Å². The van der Waals surface area contributed by atoms with Crippen molar-refractivity contribution in [1.29, 1.82) is 0 Å². The first-order valence-corrected chi connectivity index (χ1v) is 9.54. The summed E-state index contributed by atoms with van der Waals surface area (Å²) in [4.78, 5) is 16.9. The Balaban J connectivity index is 1.77. The molecule has 140 valence electrons. The first kappa shape index (κ1) is 18.9. The van der Waals surface area contributed by atoms with Crippen molar-refractivity contribution in [2.75, 3.05) is 10.6 Å². The summed E-state index contributed by atoms with van der Waals surface area (Å²) in [6, 6.07) is 9.29. The minimum atomic E-state index is -0.371. The van der Waals surface area contributed by atoms with Crippen LogP contribution < -0.4 is 10.6 Å². The van der Waals surface area contributed by atoms with Crippen molar-refractivity contribution < 1.29 is 9.18 Å². The number of halogens is 1. The molecule has 0 aliphatic rings. The van der Waals surface area contributed by atoms with Gasteiger partial charge in [-0.3, -0.25) is 10.1 Å². The molecule has 2 N–H and O–H groups in total. The summed E-state index contributed by atoms with van der Waals surface area (Å²) in [7, 11) is 0. The molecular weight excluding hydrogens is 365 g/mol. The lowest BCUT2D eigenvalue weighted by Crippen LogP contribution is -2.14. The summed E-state index contributed by atoms with van der Waals surface area (Å²) in [5.41, 5.74) is 0.843. The van der Waals surface area contributed by atoms with Gasteiger partial charge < -0.3 is 5.32 Å². The molecule has 6 nitrogen and oxygen atoms in total. The lowest BCUT2D eigenvalue weighted by molar-refractivity contribution is 0.102. The summed E-state index contributed by atoms with van der Waals surface area (Å²) in [6.07, 6.45) is 3.52. The molecule has 0 aliphatic carbocycles. The minimum Gasteiger partial charge on any atom is -0.339 e. The van der Waals surface area contributed by atoms with Crippen molar-refractivity contribution >= 4 is 33.9 Å². The highest BCUT2D eigenvalue weighted by molar-refractivity contribution is 7.15. The van der Waals surface area contributed by atoms with Crippen LogP contribution in [0.5, 0.6) is 0 Å². The lowest BCUT2D eigenvalue weighted by Gasteiger charge is -2.10. The fourth-order valence-electron chi connectivity index (χ4n) is 2.64. The highest BCUT2D eigenvalue weighted by Crippen LogP contribution is 2.28. The second-order valence-electron chi connectivity index (χ2n) is 5.95. The van der Waals surface area contributed by atoms with Crippen LogP contribution in [0.2, 0.25) is 0 Å². The topological polar surface area (TPSA) is 79.8 Å². The molecule has 3 aromatic rings. The van der Waals surface area contributed by atoms with E-state index in [-0.39, 0.29) is 11.7 Å². The van der Waals surface area contributed by atoms with Crippen LogP contribution in [0.25, 0.3) is 0 Å². The quantitative estimate of drug-likeness (QED) is 0.600. The fourth-order valence-corrected chi connectivity index (χ4v) is 3.65. The Labute approximate surface area is 160 Å². The number of carbonyl (C=O) groups is 1. The molecule has 8 heteroatoms. The molecule has 2 heterocycles. The van der Waals surface area contributed by atoms with E-state index in [1.54, 1.807) is 30.5 Å². The van der Waals surface area contributed by atoms with Gasteiger partial charge in [-0.05, 0) is 43.2 Å². The molecule has 0 aliphatic heterocycles. The van der Waals surface area contributed by atoms with Crippen molar-refractivity contribution in [2.45, 2.75) is 32.6 Å². The number of nitrogens with one attached hydrogen (secondary N) is 2. The zero-order chi connectivity index (χ0) is 19.2. The maximum absolute atomic E-state index is 13.4. The summed E-state index contributed by atoms with van der Waals surface area (Å²) in [5.74, 6) is -0.0407. The highest BCUT2D eigenvalue weighted by atomic mass is 32.1. The molecule has 0 unspecified atom stereocenters. The molecule has 0 spiro atoms. The molecule has 2 aromatic heterocycles. The number of nitrogens with zero attached hydrogens (tertiary/aromatic N) is 3. The number of anilines is 3. The molecule has 0 bridgehead atoms. The van der Waals surface area contributed by atoms with Gasteiger partial charge >= 0.3 is 0 Å². The molecule has 27 heavy (non-hydrogen) atoms. The van der Waals surface area contributed by atoms with E-state index in [1.165, 1.54) is 23.5 Å². The van der Waals surface area contributed by atoms with Gasteiger partial charge in [0.25, 0.3) is 5.91 Å².